The summed E-state index contributed by atoms with van der Waals surface area (Å²) in [7, 11) is -4.09. The third-order valence-corrected chi connectivity index (χ3v) is 6.32. The molecule has 1 N–H and O–H groups in total. The van der Waals surface area contributed by atoms with Gasteiger partial charge in [0.15, 0.2) is 0 Å². The zero-order chi connectivity index (χ0) is 22.4. The largest absolute Gasteiger partial charge is 0.492 e. The zero-order valence-corrected chi connectivity index (χ0v) is 18.2. The standard InChI is InChI=1S/C22H20ClFN2O4S/c1-2-30-21-11-7-6-10-20(21)26(31(28,29)17-8-4-3-5-9-17)15-22(27)25-16-12-13-19(24)18(23)14-16/h3-14H,2,15H2,1H3,(H,25,27). The second kappa shape index (κ2) is 9.80. The van der Waals surface area contributed by atoms with Gasteiger partial charge in [-0.1, -0.05) is 41.9 Å². The van der Waals surface area contributed by atoms with Gasteiger partial charge in [-0.25, -0.2) is 12.8 Å². The molecule has 0 atom stereocenters. The molecular weight excluding hydrogens is 443 g/mol. The molecule has 0 aliphatic carbocycles. The molecule has 1 amide bonds. The van der Waals surface area contributed by atoms with Crippen molar-refractivity contribution < 1.29 is 22.3 Å². The number of para-hydroxylation sites is 2. The number of carbonyl (C=O) groups excluding carboxylic acids is 1. The average molecular weight is 463 g/mol. The van der Waals surface area contributed by atoms with Crippen LogP contribution in [0.1, 0.15) is 6.92 Å². The maximum Gasteiger partial charge on any atom is 0.264 e. The number of hydrogen-bond donors (Lipinski definition) is 1. The van der Waals surface area contributed by atoms with Gasteiger partial charge in [0.1, 0.15) is 18.1 Å². The SMILES string of the molecule is CCOc1ccccc1N(CC(=O)Nc1ccc(F)c(Cl)c1)S(=O)(=O)c1ccccc1. The van der Waals surface area contributed by atoms with Crippen molar-refractivity contribution in [2.24, 2.45) is 0 Å². The first-order chi connectivity index (χ1) is 14.8. The Labute approximate surface area is 185 Å². The van der Waals surface area contributed by atoms with Gasteiger partial charge in [-0.2, -0.15) is 0 Å². The Morgan fingerprint density at radius 3 is 2.42 bits per heavy atom. The summed E-state index contributed by atoms with van der Waals surface area (Å²) in [5.74, 6) is -0.936. The first-order valence-electron chi connectivity index (χ1n) is 9.37. The minimum Gasteiger partial charge on any atom is -0.492 e. The summed E-state index contributed by atoms with van der Waals surface area (Å²) in [4.78, 5) is 12.8. The molecule has 3 rings (SSSR count). The second-order valence-corrected chi connectivity index (χ2v) is 8.67. The smallest absolute Gasteiger partial charge is 0.264 e. The normalized spacial score (nSPS) is 11.1. The number of hydrogen-bond acceptors (Lipinski definition) is 4. The molecule has 3 aromatic carbocycles. The predicted octanol–water partition coefficient (Wildman–Crippen LogP) is 4.71. The van der Waals surface area contributed by atoms with E-state index in [2.05, 4.69) is 5.32 Å². The first kappa shape index (κ1) is 22.6. The molecule has 0 saturated heterocycles. The highest BCUT2D eigenvalue weighted by Crippen LogP contribution is 2.32. The van der Waals surface area contributed by atoms with E-state index in [9.17, 15) is 17.6 Å². The van der Waals surface area contributed by atoms with Crippen molar-refractivity contribution >= 4 is 38.9 Å². The molecule has 0 heterocycles. The molecule has 0 radical (unpaired) electrons. The molecule has 0 unspecified atom stereocenters. The maximum atomic E-state index is 13.4. The number of nitrogens with zero attached hydrogens (tertiary/aromatic N) is 1. The zero-order valence-electron chi connectivity index (χ0n) is 16.6. The van der Waals surface area contributed by atoms with Crippen molar-refractivity contribution in [3.63, 3.8) is 0 Å². The molecule has 6 nitrogen and oxygen atoms in total. The number of nitrogens with one attached hydrogen (secondary N) is 1. The van der Waals surface area contributed by atoms with Crippen LogP contribution in [0, 0.1) is 5.82 Å². The monoisotopic (exact) mass is 462 g/mol. The number of sulfonamides is 1. The third kappa shape index (κ3) is 5.34. The fourth-order valence-corrected chi connectivity index (χ4v) is 4.50. The molecule has 0 aliphatic rings. The Morgan fingerprint density at radius 2 is 1.74 bits per heavy atom. The average Bonchev–Trinajstić information content (AvgIpc) is 2.76. The predicted molar refractivity (Wildman–Crippen MR) is 119 cm³/mol. The van der Waals surface area contributed by atoms with Crippen LogP contribution in [0.4, 0.5) is 15.8 Å². The van der Waals surface area contributed by atoms with Gasteiger partial charge >= 0.3 is 0 Å². The topological polar surface area (TPSA) is 75.7 Å². The summed E-state index contributed by atoms with van der Waals surface area (Å²) < 4.78 is 46.7. The highest BCUT2D eigenvalue weighted by molar-refractivity contribution is 7.92. The van der Waals surface area contributed by atoms with Gasteiger partial charge < -0.3 is 10.1 Å². The van der Waals surface area contributed by atoms with Crippen molar-refractivity contribution in [3.8, 4) is 5.75 Å². The van der Waals surface area contributed by atoms with Crippen LogP contribution in [0.2, 0.25) is 5.02 Å². The molecule has 0 saturated carbocycles. The number of carbonyl (C=O) groups is 1. The van der Waals surface area contributed by atoms with Gasteiger partial charge in [0, 0.05) is 5.69 Å². The van der Waals surface area contributed by atoms with Gasteiger partial charge in [-0.05, 0) is 49.4 Å². The van der Waals surface area contributed by atoms with Crippen molar-refractivity contribution in [2.45, 2.75) is 11.8 Å². The lowest BCUT2D eigenvalue weighted by molar-refractivity contribution is -0.114. The number of amides is 1. The lowest BCUT2D eigenvalue weighted by atomic mass is 10.3. The summed E-state index contributed by atoms with van der Waals surface area (Å²) in [6.45, 7) is 1.56. The second-order valence-electron chi connectivity index (χ2n) is 6.40. The van der Waals surface area contributed by atoms with E-state index in [1.165, 1.54) is 24.3 Å². The van der Waals surface area contributed by atoms with Gasteiger partial charge in [0.2, 0.25) is 5.91 Å². The van der Waals surface area contributed by atoms with Crippen LogP contribution >= 0.6 is 11.6 Å². The Morgan fingerprint density at radius 1 is 1.06 bits per heavy atom. The van der Waals surface area contributed by atoms with Gasteiger partial charge in [-0.3, -0.25) is 9.10 Å². The maximum absolute atomic E-state index is 13.4. The van der Waals surface area contributed by atoms with Crippen molar-refractivity contribution in [1.82, 2.24) is 0 Å². The van der Waals surface area contributed by atoms with Crippen LogP contribution in [0.3, 0.4) is 0 Å². The molecule has 0 bridgehead atoms. The molecule has 3 aromatic rings. The van der Waals surface area contributed by atoms with Crippen LogP contribution in [-0.4, -0.2) is 27.5 Å². The molecule has 9 heteroatoms. The van der Waals surface area contributed by atoms with E-state index >= 15 is 0 Å². The number of anilines is 2. The highest BCUT2D eigenvalue weighted by atomic mass is 35.5. The third-order valence-electron chi connectivity index (χ3n) is 4.26. The van der Waals surface area contributed by atoms with Crippen LogP contribution in [-0.2, 0) is 14.8 Å². The van der Waals surface area contributed by atoms with Crippen molar-refractivity contribution in [2.75, 3.05) is 22.8 Å². The summed E-state index contributed by atoms with van der Waals surface area (Å²) in [5.41, 5.74) is 0.465. The Bertz CT molecular complexity index is 1170. The van der Waals surface area contributed by atoms with E-state index in [-0.39, 0.29) is 21.3 Å². The van der Waals surface area contributed by atoms with E-state index in [1.54, 1.807) is 49.4 Å². The van der Waals surface area contributed by atoms with E-state index in [0.29, 0.717) is 12.4 Å². The number of ether oxygens (including phenoxy) is 1. The summed E-state index contributed by atoms with van der Waals surface area (Å²) in [6, 6.07) is 18.0. The van der Waals surface area contributed by atoms with E-state index in [0.717, 1.165) is 10.4 Å². The van der Waals surface area contributed by atoms with Crippen LogP contribution in [0.5, 0.6) is 5.75 Å². The van der Waals surface area contributed by atoms with Gasteiger partial charge in [-0.15, -0.1) is 0 Å². The van der Waals surface area contributed by atoms with E-state index < -0.39 is 28.3 Å². The lowest BCUT2D eigenvalue weighted by Gasteiger charge is -2.26. The summed E-state index contributed by atoms with van der Waals surface area (Å²) in [5, 5.41) is 2.39. The van der Waals surface area contributed by atoms with Crippen LogP contribution < -0.4 is 14.4 Å². The van der Waals surface area contributed by atoms with Gasteiger partial charge in [0.25, 0.3) is 10.0 Å². The lowest BCUT2D eigenvalue weighted by Crippen LogP contribution is -2.38. The number of halogens is 2. The summed E-state index contributed by atoms with van der Waals surface area (Å²) in [6.07, 6.45) is 0. The molecule has 0 fully saturated rings. The van der Waals surface area contributed by atoms with E-state index in [1.807, 2.05) is 0 Å². The van der Waals surface area contributed by atoms with Crippen LogP contribution in [0.25, 0.3) is 0 Å². The molecule has 31 heavy (non-hydrogen) atoms. The number of benzene rings is 3. The molecular formula is C22H20ClFN2O4S. The van der Waals surface area contributed by atoms with Crippen LogP contribution in [0.15, 0.2) is 77.7 Å². The molecule has 162 valence electrons. The van der Waals surface area contributed by atoms with Crippen molar-refractivity contribution in [1.29, 1.82) is 0 Å². The minimum atomic E-state index is -4.09. The number of rotatable bonds is 8. The van der Waals surface area contributed by atoms with E-state index in [4.69, 9.17) is 16.3 Å². The minimum absolute atomic E-state index is 0.0268. The molecule has 0 aromatic heterocycles. The summed E-state index contributed by atoms with van der Waals surface area (Å²) >= 11 is 5.76. The fraction of sp³-hybridized carbons (Fsp3) is 0.136. The Kier molecular flexibility index (Phi) is 7.14. The highest BCUT2D eigenvalue weighted by Gasteiger charge is 2.29. The first-order valence-corrected chi connectivity index (χ1v) is 11.2. The molecule has 0 aliphatic heterocycles. The molecule has 0 spiro atoms. The van der Waals surface area contributed by atoms with Crippen molar-refractivity contribution in [3.05, 3.63) is 83.6 Å². The van der Waals surface area contributed by atoms with Gasteiger partial charge in [0.05, 0.1) is 22.2 Å². The quantitative estimate of drug-likeness (QED) is 0.526. The fourth-order valence-electron chi connectivity index (χ4n) is 2.86. The Balaban J connectivity index is 1.98. The Hall–Kier alpha value is -3.10.